The van der Waals surface area contributed by atoms with Crippen molar-refractivity contribution < 1.29 is 9.47 Å². The molecule has 1 heterocycles. The average Bonchev–Trinajstić information content (AvgIpc) is 2.35. The second-order valence-corrected chi connectivity index (χ2v) is 4.15. The molecule has 1 aliphatic rings. The summed E-state index contributed by atoms with van der Waals surface area (Å²) in [6, 6.07) is 0. The lowest BCUT2D eigenvalue weighted by atomic mass is 10.1. The van der Waals surface area contributed by atoms with Crippen LogP contribution in [0.5, 0.6) is 0 Å². The molecule has 16 heavy (non-hydrogen) atoms. The van der Waals surface area contributed by atoms with E-state index >= 15 is 0 Å². The first-order valence-corrected chi connectivity index (χ1v) is 5.79. The van der Waals surface area contributed by atoms with Gasteiger partial charge in [0.1, 0.15) is 0 Å². The molecule has 0 saturated carbocycles. The minimum Gasteiger partial charge on any atom is -0.354 e. The second kappa shape index (κ2) is 6.70. The maximum absolute atomic E-state index is 8.07. The van der Waals surface area contributed by atoms with Crippen LogP contribution in [0.4, 0.5) is 0 Å². The second-order valence-electron chi connectivity index (χ2n) is 4.15. The van der Waals surface area contributed by atoms with E-state index in [0.717, 1.165) is 13.1 Å². The normalized spacial score (nSPS) is 16.6. The third kappa shape index (κ3) is 3.64. The van der Waals surface area contributed by atoms with E-state index in [1.165, 1.54) is 19.3 Å². The molecule has 0 aliphatic carbocycles. The van der Waals surface area contributed by atoms with Gasteiger partial charge >= 0.3 is 0 Å². The quantitative estimate of drug-likeness (QED) is 0.443. The number of rotatable bonds is 4. The fraction of sp³-hybridized carbons (Fsp3) is 0.909. The largest absolute Gasteiger partial charge is 0.354 e. The van der Waals surface area contributed by atoms with E-state index in [1.54, 1.807) is 14.2 Å². The lowest BCUT2D eigenvalue weighted by molar-refractivity contribution is -0.108. The highest BCUT2D eigenvalue weighted by atomic mass is 16.7. The molecule has 0 atom stereocenters. The third-order valence-corrected chi connectivity index (χ3v) is 2.97. The Morgan fingerprint density at radius 2 is 1.81 bits per heavy atom. The summed E-state index contributed by atoms with van der Waals surface area (Å²) in [4.78, 5) is 3.99. The number of ether oxygens (including phenoxy) is 2. The van der Waals surface area contributed by atoms with E-state index in [1.807, 2.05) is 11.9 Å². The Hall–Kier alpha value is -0.810. The van der Waals surface area contributed by atoms with Gasteiger partial charge in [0, 0.05) is 34.4 Å². The van der Waals surface area contributed by atoms with Crippen LogP contribution in [0.2, 0.25) is 0 Å². The van der Waals surface area contributed by atoms with Gasteiger partial charge in [0.25, 0.3) is 0 Å². The molecule has 94 valence electrons. The first-order valence-electron chi connectivity index (χ1n) is 5.79. The molecule has 1 N–H and O–H groups in total. The van der Waals surface area contributed by atoms with Crippen molar-refractivity contribution >= 4 is 5.96 Å². The molecule has 5 nitrogen and oxygen atoms in total. The first kappa shape index (κ1) is 13.3. The highest BCUT2D eigenvalue weighted by molar-refractivity contribution is 5.76. The van der Waals surface area contributed by atoms with Gasteiger partial charge in [-0.2, -0.15) is 0 Å². The minimum absolute atomic E-state index is 0.268. The molecule has 0 amide bonds. The Morgan fingerprint density at radius 3 is 2.31 bits per heavy atom. The van der Waals surface area contributed by atoms with Crippen LogP contribution in [0.15, 0.2) is 0 Å². The van der Waals surface area contributed by atoms with Gasteiger partial charge in [0.2, 0.25) is 0 Å². The Kier molecular flexibility index (Phi) is 5.55. The summed E-state index contributed by atoms with van der Waals surface area (Å²) in [5, 5.41) is 8.07. The Balaban J connectivity index is 2.39. The summed E-state index contributed by atoms with van der Waals surface area (Å²) in [6.45, 7) is 2.57. The molecule has 0 aromatic heterocycles. The zero-order valence-electron chi connectivity index (χ0n) is 10.5. The zero-order chi connectivity index (χ0) is 12.0. The summed E-state index contributed by atoms with van der Waals surface area (Å²) < 4.78 is 10.3. The molecule has 0 radical (unpaired) electrons. The van der Waals surface area contributed by atoms with Gasteiger partial charge < -0.3 is 19.3 Å². The number of nitrogens with one attached hydrogen (secondary N) is 1. The van der Waals surface area contributed by atoms with Gasteiger partial charge in [-0.15, -0.1) is 0 Å². The zero-order valence-corrected chi connectivity index (χ0v) is 10.5. The molecule has 0 bridgehead atoms. The number of likely N-dealkylation sites (N-methyl/N-ethyl adjacent to an activating group) is 1. The van der Waals surface area contributed by atoms with Crippen molar-refractivity contribution in [1.29, 1.82) is 5.41 Å². The number of likely N-dealkylation sites (tertiary alicyclic amines) is 1. The van der Waals surface area contributed by atoms with Crippen molar-refractivity contribution in [1.82, 2.24) is 9.80 Å². The van der Waals surface area contributed by atoms with E-state index in [0.29, 0.717) is 12.5 Å². The van der Waals surface area contributed by atoms with E-state index < -0.39 is 0 Å². The monoisotopic (exact) mass is 229 g/mol. The third-order valence-electron chi connectivity index (χ3n) is 2.97. The van der Waals surface area contributed by atoms with E-state index in [4.69, 9.17) is 14.9 Å². The predicted molar refractivity (Wildman–Crippen MR) is 63.6 cm³/mol. The Labute approximate surface area is 97.8 Å². The topological polar surface area (TPSA) is 48.8 Å². The van der Waals surface area contributed by atoms with Crippen LogP contribution in [-0.2, 0) is 9.47 Å². The van der Waals surface area contributed by atoms with Crippen LogP contribution in [0.3, 0.4) is 0 Å². The van der Waals surface area contributed by atoms with E-state index in [2.05, 4.69) is 4.90 Å². The highest BCUT2D eigenvalue weighted by Gasteiger charge is 2.19. The van der Waals surface area contributed by atoms with Crippen molar-refractivity contribution in [2.24, 2.45) is 0 Å². The van der Waals surface area contributed by atoms with Gasteiger partial charge in [-0.05, 0) is 19.3 Å². The molecule has 0 unspecified atom stereocenters. The maximum Gasteiger partial charge on any atom is 0.193 e. The van der Waals surface area contributed by atoms with Crippen molar-refractivity contribution in [2.75, 3.05) is 40.9 Å². The lowest BCUT2D eigenvalue weighted by Crippen LogP contribution is -2.47. The molecular formula is C11H23N3O2. The van der Waals surface area contributed by atoms with Gasteiger partial charge in [-0.1, -0.05) is 0 Å². The molecule has 1 aliphatic heterocycles. The molecule has 1 fully saturated rings. The fourth-order valence-electron chi connectivity index (χ4n) is 1.90. The number of methoxy groups -OCH3 is 2. The number of piperidine rings is 1. The van der Waals surface area contributed by atoms with Crippen molar-refractivity contribution in [3.8, 4) is 0 Å². The summed E-state index contributed by atoms with van der Waals surface area (Å²) in [5.41, 5.74) is 0. The van der Waals surface area contributed by atoms with Crippen molar-refractivity contribution in [3.05, 3.63) is 0 Å². The molecule has 1 saturated heterocycles. The Bertz CT molecular complexity index is 213. The molecule has 1 rings (SSSR count). The molecular weight excluding hydrogens is 206 g/mol. The maximum atomic E-state index is 8.07. The summed E-state index contributed by atoms with van der Waals surface area (Å²) in [7, 11) is 5.14. The van der Waals surface area contributed by atoms with Gasteiger partial charge in [-0.3, -0.25) is 5.41 Å². The van der Waals surface area contributed by atoms with Crippen molar-refractivity contribution in [2.45, 2.75) is 25.6 Å². The van der Waals surface area contributed by atoms with E-state index in [9.17, 15) is 0 Å². The number of hydrogen-bond donors (Lipinski definition) is 1. The predicted octanol–water partition coefficient (Wildman–Crippen LogP) is 0.958. The standard InChI is InChI=1S/C11H23N3O2/c1-13(9-10(15-2)16-3)11(12)14-7-5-4-6-8-14/h10,12H,4-9H2,1-3H3. The van der Waals surface area contributed by atoms with Crippen LogP contribution in [-0.4, -0.2) is 63.0 Å². The summed E-state index contributed by atoms with van der Waals surface area (Å²) in [6.07, 6.45) is 3.39. The SMILES string of the molecule is COC(CN(C)C(=N)N1CCCCC1)OC. The molecule has 0 aromatic carbocycles. The van der Waals surface area contributed by atoms with E-state index in [-0.39, 0.29) is 6.29 Å². The lowest BCUT2D eigenvalue weighted by Gasteiger charge is -2.34. The summed E-state index contributed by atoms with van der Waals surface area (Å²) in [5.74, 6) is 0.568. The highest BCUT2D eigenvalue weighted by Crippen LogP contribution is 2.10. The molecule has 0 aromatic rings. The van der Waals surface area contributed by atoms with Gasteiger partial charge in [0.05, 0.1) is 6.54 Å². The van der Waals surface area contributed by atoms with Crippen molar-refractivity contribution in [3.63, 3.8) is 0 Å². The molecule has 0 spiro atoms. The van der Waals surface area contributed by atoms with Gasteiger partial charge in [-0.25, -0.2) is 0 Å². The number of guanidine groups is 1. The van der Waals surface area contributed by atoms with Crippen LogP contribution in [0, 0.1) is 5.41 Å². The summed E-state index contributed by atoms with van der Waals surface area (Å²) >= 11 is 0. The fourth-order valence-corrected chi connectivity index (χ4v) is 1.90. The van der Waals surface area contributed by atoms with Gasteiger partial charge in [0.15, 0.2) is 12.2 Å². The molecule has 5 heteroatoms. The van der Waals surface area contributed by atoms with Crippen LogP contribution < -0.4 is 0 Å². The van der Waals surface area contributed by atoms with Crippen LogP contribution in [0.1, 0.15) is 19.3 Å². The average molecular weight is 229 g/mol. The number of nitrogens with zero attached hydrogens (tertiary/aromatic N) is 2. The van der Waals surface area contributed by atoms with Crippen LogP contribution in [0.25, 0.3) is 0 Å². The van der Waals surface area contributed by atoms with Crippen LogP contribution >= 0.6 is 0 Å². The Morgan fingerprint density at radius 1 is 1.25 bits per heavy atom. The smallest absolute Gasteiger partial charge is 0.193 e. The first-order chi connectivity index (χ1) is 7.69. The number of hydrogen-bond acceptors (Lipinski definition) is 3. The minimum atomic E-state index is -0.268.